The van der Waals surface area contributed by atoms with Crippen molar-refractivity contribution in [1.82, 2.24) is 15.4 Å². The van der Waals surface area contributed by atoms with Gasteiger partial charge in [0.1, 0.15) is 0 Å². The zero-order valence-electron chi connectivity index (χ0n) is 9.58. The Kier molecular flexibility index (Phi) is 3.02. The first-order chi connectivity index (χ1) is 8.88. The van der Waals surface area contributed by atoms with Crippen molar-refractivity contribution in [3.05, 3.63) is 58.7 Å². The van der Waals surface area contributed by atoms with Gasteiger partial charge >= 0.3 is 0 Å². The van der Waals surface area contributed by atoms with Crippen LogP contribution in [0.1, 0.15) is 17.3 Å². The van der Waals surface area contributed by atoms with E-state index in [2.05, 4.69) is 21.5 Å². The van der Waals surface area contributed by atoms with Crippen molar-refractivity contribution in [2.24, 2.45) is 5.84 Å². The van der Waals surface area contributed by atoms with Crippen molar-refractivity contribution < 1.29 is 0 Å². The lowest BCUT2D eigenvalue weighted by Crippen LogP contribution is -2.29. The molecule has 0 saturated carbocycles. The topological polar surface area (TPSA) is 63.8 Å². The first-order valence-corrected chi connectivity index (χ1v) is 6.51. The van der Waals surface area contributed by atoms with Crippen LogP contribution in [0.25, 0.3) is 10.9 Å². The lowest BCUT2D eigenvalue weighted by atomic mass is 10.1. The van der Waals surface area contributed by atoms with Gasteiger partial charge in [-0.1, -0.05) is 18.2 Å². The standard InChI is InChI=1S/C13H12N4S/c14-17-13(12-7-18-8-16-12)10-5-9-3-1-2-4-11(9)15-6-10/h1-8,13,17H,14H2. The van der Waals surface area contributed by atoms with Gasteiger partial charge in [-0.25, -0.2) is 10.4 Å². The van der Waals surface area contributed by atoms with E-state index in [1.165, 1.54) is 0 Å². The first-order valence-electron chi connectivity index (χ1n) is 5.57. The van der Waals surface area contributed by atoms with E-state index in [9.17, 15) is 0 Å². The fraction of sp³-hybridized carbons (Fsp3) is 0.0769. The Balaban J connectivity index is 2.07. The minimum absolute atomic E-state index is 0.117. The highest BCUT2D eigenvalue weighted by atomic mass is 32.1. The summed E-state index contributed by atoms with van der Waals surface area (Å²) in [5.74, 6) is 5.63. The van der Waals surface area contributed by atoms with Crippen LogP contribution >= 0.6 is 11.3 Å². The zero-order valence-corrected chi connectivity index (χ0v) is 10.4. The average Bonchev–Trinajstić information content (AvgIpc) is 2.93. The second-order valence-corrected chi connectivity index (χ2v) is 4.69. The smallest absolute Gasteiger partial charge is 0.0904 e. The van der Waals surface area contributed by atoms with Crippen LogP contribution in [0.4, 0.5) is 0 Å². The van der Waals surface area contributed by atoms with Gasteiger partial charge in [-0.05, 0) is 17.7 Å². The van der Waals surface area contributed by atoms with E-state index in [0.29, 0.717) is 0 Å². The van der Waals surface area contributed by atoms with E-state index < -0.39 is 0 Å². The van der Waals surface area contributed by atoms with Gasteiger partial charge in [-0.3, -0.25) is 10.8 Å². The van der Waals surface area contributed by atoms with Crippen LogP contribution in [0.5, 0.6) is 0 Å². The Morgan fingerprint density at radius 1 is 1.22 bits per heavy atom. The summed E-state index contributed by atoms with van der Waals surface area (Å²) in [4.78, 5) is 8.73. The fourth-order valence-corrected chi connectivity index (χ4v) is 2.54. The summed E-state index contributed by atoms with van der Waals surface area (Å²) in [7, 11) is 0. The Hall–Kier alpha value is -1.82. The molecule has 3 N–H and O–H groups in total. The van der Waals surface area contributed by atoms with Gasteiger partial charge in [0.05, 0.1) is 22.8 Å². The van der Waals surface area contributed by atoms with Crippen LogP contribution in [-0.4, -0.2) is 9.97 Å². The lowest BCUT2D eigenvalue weighted by Gasteiger charge is -2.14. The van der Waals surface area contributed by atoms with Crippen LogP contribution in [0.3, 0.4) is 0 Å². The van der Waals surface area contributed by atoms with E-state index in [4.69, 9.17) is 5.84 Å². The van der Waals surface area contributed by atoms with Crippen LogP contribution in [0.15, 0.2) is 47.4 Å². The van der Waals surface area contributed by atoms with Crippen molar-refractivity contribution in [3.8, 4) is 0 Å². The van der Waals surface area contributed by atoms with Crippen molar-refractivity contribution in [2.45, 2.75) is 6.04 Å². The van der Waals surface area contributed by atoms with Crippen LogP contribution in [0.2, 0.25) is 0 Å². The van der Waals surface area contributed by atoms with Gasteiger partial charge < -0.3 is 0 Å². The molecular weight excluding hydrogens is 244 g/mol. The molecule has 1 atom stereocenters. The minimum atomic E-state index is -0.117. The molecule has 3 rings (SSSR count). The van der Waals surface area contributed by atoms with Gasteiger partial charge in [-0.2, -0.15) is 0 Å². The number of nitrogens with one attached hydrogen (secondary N) is 1. The number of rotatable bonds is 3. The number of pyridine rings is 1. The molecule has 2 aromatic heterocycles. The van der Waals surface area contributed by atoms with E-state index in [1.807, 2.05) is 35.8 Å². The summed E-state index contributed by atoms with van der Waals surface area (Å²) in [6.45, 7) is 0. The third kappa shape index (κ3) is 1.99. The van der Waals surface area contributed by atoms with E-state index in [1.54, 1.807) is 16.8 Å². The summed E-state index contributed by atoms with van der Waals surface area (Å²) >= 11 is 1.55. The number of para-hydroxylation sites is 1. The predicted molar refractivity (Wildman–Crippen MR) is 73.0 cm³/mol. The molecule has 0 aliphatic heterocycles. The molecule has 0 saturated heterocycles. The molecule has 1 aromatic carbocycles. The van der Waals surface area contributed by atoms with Crippen molar-refractivity contribution in [1.29, 1.82) is 0 Å². The SMILES string of the molecule is NNC(c1cnc2ccccc2c1)c1cscn1. The number of hydrogen-bond donors (Lipinski definition) is 2. The molecule has 0 bridgehead atoms. The number of hydrogen-bond acceptors (Lipinski definition) is 5. The third-order valence-electron chi connectivity index (χ3n) is 2.86. The molecule has 18 heavy (non-hydrogen) atoms. The normalized spacial score (nSPS) is 12.7. The molecule has 0 amide bonds. The number of aromatic nitrogens is 2. The maximum Gasteiger partial charge on any atom is 0.0904 e. The largest absolute Gasteiger partial charge is 0.271 e. The maximum absolute atomic E-state index is 5.63. The predicted octanol–water partition coefficient (Wildman–Crippen LogP) is 2.24. The molecular formula is C13H12N4S. The quantitative estimate of drug-likeness (QED) is 0.557. The molecule has 1 unspecified atom stereocenters. The molecule has 0 aliphatic rings. The average molecular weight is 256 g/mol. The van der Waals surface area contributed by atoms with Crippen LogP contribution in [-0.2, 0) is 0 Å². The van der Waals surface area contributed by atoms with Crippen molar-refractivity contribution in [3.63, 3.8) is 0 Å². The highest BCUT2D eigenvalue weighted by Crippen LogP contribution is 2.23. The lowest BCUT2D eigenvalue weighted by molar-refractivity contribution is 0.623. The van der Waals surface area contributed by atoms with E-state index in [0.717, 1.165) is 22.2 Å². The Labute approximate surface area is 108 Å². The fourth-order valence-electron chi connectivity index (χ4n) is 1.96. The number of fused-ring (bicyclic) bond motifs is 1. The number of nitrogens with two attached hydrogens (primary N) is 1. The van der Waals surface area contributed by atoms with E-state index >= 15 is 0 Å². The highest BCUT2D eigenvalue weighted by molar-refractivity contribution is 7.07. The van der Waals surface area contributed by atoms with E-state index in [-0.39, 0.29) is 6.04 Å². The molecule has 3 aromatic rings. The summed E-state index contributed by atoms with van der Waals surface area (Å²) in [6, 6.07) is 9.99. The second-order valence-electron chi connectivity index (χ2n) is 3.97. The van der Waals surface area contributed by atoms with Crippen molar-refractivity contribution in [2.75, 3.05) is 0 Å². The Bertz CT molecular complexity index is 651. The maximum atomic E-state index is 5.63. The molecule has 90 valence electrons. The molecule has 0 radical (unpaired) electrons. The van der Waals surface area contributed by atoms with Gasteiger partial charge in [0.25, 0.3) is 0 Å². The summed E-state index contributed by atoms with van der Waals surface area (Å²) in [5, 5.41) is 3.09. The Morgan fingerprint density at radius 3 is 2.89 bits per heavy atom. The summed E-state index contributed by atoms with van der Waals surface area (Å²) < 4.78 is 0. The van der Waals surface area contributed by atoms with Gasteiger partial charge in [0.2, 0.25) is 0 Å². The van der Waals surface area contributed by atoms with Gasteiger partial charge in [-0.15, -0.1) is 11.3 Å². The molecule has 2 heterocycles. The zero-order chi connectivity index (χ0) is 12.4. The molecule has 0 spiro atoms. The summed E-state index contributed by atoms with van der Waals surface area (Å²) in [6.07, 6.45) is 1.84. The van der Waals surface area contributed by atoms with Crippen LogP contribution < -0.4 is 11.3 Å². The first kappa shape index (κ1) is 11.3. The molecule has 0 aliphatic carbocycles. The van der Waals surface area contributed by atoms with Crippen LogP contribution in [0, 0.1) is 0 Å². The minimum Gasteiger partial charge on any atom is -0.271 e. The van der Waals surface area contributed by atoms with Gasteiger partial charge in [0, 0.05) is 17.0 Å². The Morgan fingerprint density at radius 2 is 2.11 bits per heavy atom. The second kappa shape index (κ2) is 4.81. The number of thiazole rings is 1. The molecule has 5 heteroatoms. The number of hydrazine groups is 1. The van der Waals surface area contributed by atoms with Gasteiger partial charge in [0.15, 0.2) is 0 Å². The molecule has 4 nitrogen and oxygen atoms in total. The molecule has 0 fully saturated rings. The number of nitrogens with zero attached hydrogens (tertiary/aromatic N) is 2. The summed E-state index contributed by atoms with van der Waals surface area (Å²) in [5.41, 5.74) is 7.50. The number of benzene rings is 1. The highest BCUT2D eigenvalue weighted by Gasteiger charge is 2.14. The van der Waals surface area contributed by atoms with Crippen molar-refractivity contribution >= 4 is 22.2 Å². The third-order valence-corrected chi connectivity index (χ3v) is 3.46. The monoisotopic (exact) mass is 256 g/mol.